The minimum absolute atomic E-state index is 0.162. The van der Waals surface area contributed by atoms with Gasteiger partial charge in [0.1, 0.15) is 12.0 Å². The molecule has 24 heavy (non-hydrogen) atoms. The van der Waals surface area contributed by atoms with Crippen molar-refractivity contribution in [3.05, 3.63) is 59.8 Å². The topological polar surface area (TPSA) is 118 Å². The number of carbonyl (C=O) groups is 1. The van der Waals surface area contributed by atoms with Crippen LogP contribution in [0.2, 0.25) is 5.02 Å². The Kier molecular flexibility index (Phi) is 4.48. The van der Waals surface area contributed by atoms with E-state index in [-0.39, 0.29) is 17.3 Å². The third-order valence-electron chi connectivity index (χ3n) is 3.03. The monoisotopic (exact) mass is 344 g/mol. The number of rotatable bonds is 5. The molecule has 0 fully saturated rings. The van der Waals surface area contributed by atoms with Gasteiger partial charge >= 0.3 is 5.91 Å². The Bertz CT molecular complexity index is 836. The molecule has 5 N–H and O–H groups in total. The molecule has 0 bridgehead atoms. The van der Waals surface area contributed by atoms with Gasteiger partial charge in [-0.3, -0.25) is 15.6 Å². The predicted molar refractivity (Wildman–Crippen MR) is 91.0 cm³/mol. The van der Waals surface area contributed by atoms with Crippen LogP contribution in [0.15, 0.2) is 53.4 Å². The number of hydrogen-bond acceptors (Lipinski definition) is 7. The summed E-state index contributed by atoms with van der Waals surface area (Å²) in [6.07, 6.45) is 2.72. The summed E-state index contributed by atoms with van der Waals surface area (Å²) >= 11 is 5.85. The smallest absolute Gasteiger partial charge is 0.305 e. The summed E-state index contributed by atoms with van der Waals surface area (Å²) < 4.78 is 4.99. The van der Waals surface area contributed by atoms with Gasteiger partial charge in [-0.05, 0) is 36.4 Å². The Morgan fingerprint density at radius 2 is 1.88 bits per heavy atom. The minimum Gasteiger partial charge on any atom is -0.459 e. The fourth-order valence-electron chi connectivity index (χ4n) is 1.85. The lowest BCUT2D eigenvalue weighted by atomic mass is 10.3. The quantitative estimate of drug-likeness (QED) is 0.525. The maximum atomic E-state index is 11.8. The first-order valence-electron chi connectivity index (χ1n) is 6.86. The van der Waals surface area contributed by atoms with Gasteiger partial charge in [0.2, 0.25) is 0 Å². The van der Waals surface area contributed by atoms with Crippen molar-refractivity contribution >= 4 is 40.5 Å². The van der Waals surface area contributed by atoms with Gasteiger partial charge in [0, 0.05) is 10.7 Å². The first-order chi connectivity index (χ1) is 11.6. The number of furan rings is 1. The molecule has 0 atom stereocenters. The van der Waals surface area contributed by atoms with E-state index in [4.69, 9.17) is 21.8 Å². The molecule has 0 radical (unpaired) electrons. The number of nitrogens with one attached hydrogen (secondary N) is 3. The summed E-state index contributed by atoms with van der Waals surface area (Å²) in [5.74, 6) is 0.350. The molecular formula is C15H13ClN6O2. The molecule has 122 valence electrons. The second kappa shape index (κ2) is 6.88. The zero-order valence-corrected chi connectivity index (χ0v) is 13.0. The highest BCUT2D eigenvalue weighted by Crippen LogP contribution is 2.25. The Morgan fingerprint density at radius 3 is 2.58 bits per heavy atom. The minimum atomic E-state index is -0.453. The van der Waals surface area contributed by atoms with Crippen LogP contribution in [0.25, 0.3) is 0 Å². The van der Waals surface area contributed by atoms with E-state index in [0.717, 1.165) is 5.69 Å². The van der Waals surface area contributed by atoms with Crippen LogP contribution in [0.4, 0.5) is 23.0 Å². The first-order valence-corrected chi connectivity index (χ1v) is 7.24. The van der Waals surface area contributed by atoms with E-state index in [1.54, 1.807) is 30.3 Å². The molecule has 3 rings (SSSR count). The van der Waals surface area contributed by atoms with Gasteiger partial charge < -0.3 is 15.5 Å². The summed E-state index contributed by atoms with van der Waals surface area (Å²) in [4.78, 5) is 19.9. The number of nitrogens with two attached hydrogens (primary N) is 1. The van der Waals surface area contributed by atoms with Crippen LogP contribution in [-0.2, 0) is 0 Å². The summed E-state index contributed by atoms with van der Waals surface area (Å²) in [5, 5.41) is 3.67. The summed E-state index contributed by atoms with van der Waals surface area (Å²) in [6, 6.07) is 10.2. The van der Waals surface area contributed by atoms with Gasteiger partial charge in [0.05, 0.1) is 6.26 Å². The predicted octanol–water partition coefficient (Wildman–Crippen LogP) is 2.81. The molecule has 9 heteroatoms. The van der Waals surface area contributed by atoms with Gasteiger partial charge in [-0.2, -0.15) is 0 Å². The molecule has 3 aromatic rings. The molecular weight excluding hydrogens is 332 g/mol. The average molecular weight is 345 g/mol. The zero-order valence-electron chi connectivity index (χ0n) is 12.3. The number of nitrogens with zero attached hydrogens (tertiary/aromatic N) is 2. The molecule has 8 nitrogen and oxygen atoms in total. The van der Waals surface area contributed by atoms with Gasteiger partial charge in [0.15, 0.2) is 17.4 Å². The molecule has 0 aliphatic heterocycles. The van der Waals surface area contributed by atoms with Gasteiger partial charge in [-0.25, -0.2) is 9.97 Å². The number of aromatic nitrogens is 2. The van der Waals surface area contributed by atoms with Gasteiger partial charge in [0.25, 0.3) is 0 Å². The fraction of sp³-hybridized carbons (Fsp3) is 0. The average Bonchev–Trinajstić information content (AvgIpc) is 3.12. The Morgan fingerprint density at radius 1 is 1.12 bits per heavy atom. The van der Waals surface area contributed by atoms with E-state index in [0.29, 0.717) is 10.8 Å². The van der Waals surface area contributed by atoms with Crippen molar-refractivity contribution in [1.29, 1.82) is 0 Å². The molecule has 0 spiro atoms. The first kappa shape index (κ1) is 15.6. The second-order valence-electron chi connectivity index (χ2n) is 4.67. The summed E-state index contributed by atoms with van der Waals surface area (Å²) in [5.41, 5.74) is 12.1. The highest BCUT2D eigenvalue weighted by atomic mass is 35.5. The number of halogens is 1. The molecule has 1 aromatic carbocycles. The molecule has 0 aliphatic carbocycles. The van der Waals surface area contributed by atoms with Crippen molar-refractivity contribution in [2.24, 2.45) is 0 Å². The number of hydrogen-bond donors (Lipinski definition) is 4. The van der Waals surface area contributed by atoms with Crippen LogP contribution in [0.1, 0.15) is 10.6 Å². The Hall–Kier alpha value is -3.26. The number of nitrogen functional groups attached to an aromatic ring is 1. The lowest BCUT2D eigenvalue weighted by Crippen LogP contribution is -2.30. The van der Waals surface area contributed by atoms with Crippen LogP contribution in [0.5, 0.6) is 0 Å². The number of hydrazine groups is 1. The molecule has 0 saturated heterocycles. The van der Waals surface area contributed by atoms with Crippen LogP contribution in [0.3, 0.4) is 0 Å². The third kappa shape index (κ3) is 3.55. The van der Waals surface area contributed by atoms with Gasteiger partial charge in [-0.15, -0.1) is 0 Å². The normalized spacial score (nSPS) is 10.2. The number of anilines is 4. The van der Waals surface area contributed by atoms with E-state index in [1.165, 1.54) is 18.7 Å². The van der Waals surface area contributed by atoms with E-state index in [1.807, 2.05) is 0 Å². The van der Waals surface area contributed by atoms with Crippen molar-refractivity contribution in [3.8, 4) is 0 Å². The molecule has 1 amide bonds. The van der Waals surface area contributed by atoms with Crippen LogP contribution in [-0.4, -0.2) is 15.9 Å². The number of benzene rings is 1. The van der Waals surface area contributed by atoms with Crippen molar-refractivity contribution in [2.75, 3.05) is 16.5 Å². The van der Waals surface area contributed by atoms with Crippen molar-refractivity contribution in [2.45, 2.75) is 0 Å². The number of amides is 1. The van der Waals surface area contributed by atoms with E-state index in [2.05, 4.69) is 26.1 Å². The lowest BCUT2D eigenvalue weighted by Gasteiger charge is -2.12. The summed E-state index contributed by atoms with van der Waals surface area (Å²) in [6.45, 7) is 0. The van der Waals surface area contributed by atoms with Crippen molar-refractivity contribution < 1.29 is 9.21 Å². The van der Waals surface area contributed by atoms with E-state index < -0.39 is 5.91 Å². The maximum Gasteiger partial charge on any atom is 0.305 e. The molecule has 2 heterocycles. The molecule has 0 unspecified atom stereocenters. The highest BCUT2D eigenvalue weighted by Gasteiger charge is 2.11. The zero-order chi connectivity index (χ0) is 16.9. The van der Waals surface area contributed by atoms with Crippen molar-refractivity contribution in [1.82, 2.24) is 15.4 Å². The fourth-order valence-corrected chi connectivity index (χ4v) is 1.98. The molecule has 0 saturated carbocycles. The van der Waals surface area contributed by atoms with Crippen LogP contribution < -0.4 is 21.9 Å². The van der Waals surface area contributed by atoms with Gasteiger partial charge in [-0.1, -0.05) is 11.6 Å². The standard InChI is InChI=1S/C15H13ClN6O2/c16-9-3-5-10(6-4-9)20-13-12(17)14(19-8-18-13)21-22-15(23)11-2-1-7-24-11/h1-8H,17H2,(H,22,23)(H2,18,19,20,21). The van der Waals surface area contributed by atoms with Crippen LogP contribution >= 0.6 is 11.6 Å². The Balaban J connectivity index is 1.71. The van der Waals surface area contributed by atoms with Crippen LogP contribution in [0, 0.1) is 0 Å². The molecule has 0 aliphatic rings. The lowest BCUT2D eigenvalue weighted by molar-refractivity contribution is 0.0935. The highest BCUT2D eigenvalue weighted by molar-refractivity contribution is 6.30. The maximum absolute atomic E-state index is 11.8. The van der Waals surface area contributed by atoms with E-state index >= 15 is 0 Å². The molecule has 2 aromatic heterocycles. The summed E-state index contributed by atoms with van der Waals surface area (Å²) in [7, 11) is 0. The second-order valence-corrected chi connectivity index (χ2v) is 5.11. The third-order valence-corrected chi connectivity index (χ3v) is 3.28. The SMILES string of the molecule is Nc1c(NNC(=O)c2ccco2)ncnc1Nc1ccc(Cl)cc1. The Labute approximate surface area is 142 Å². The number of carbonyl (C=O) groups excluding carboxylic acids is 1. The van der Waals surface area contributed by atoms with E-state index in [9.17, 15) is 4.79 Å². The largest absolute Gasteiger partial charge is 0.459 e. The van der Waals surface area contributed by atoms with Crippen molar-refractivity contribution in [3.63, 3.8) is 0 Å².